The van der Waals surface area contributed by atoms with Crippen molar-refractivity contribution in [1.82, 2.24) is 4.98 Å². The molecular weight excluding hydrogens is 462 g/mol. The Labute approximate surface area is 202 Å². The molecule has 1 fully saturated rings. The van der Waals surface area contributed by atoms with E-state index in [-0.39, 0.29) is 16.9 Å². The van der Waals surface area contributed by atoms with Crippen molar-refractivity contribution in [3.63, 3.8) is 0 Å². The normalized spacial score (nSPS) is 25.1. The summed E-state index contributed by atoms with van der Waals surface area (Å²) in [5.74, 6) is -0.996. The Kier molecular flexibility index (Phi) is 5.81. The molecule has 1 aromatic heterocycles. The molecule has 0 unspecified atom stereocenters. The first-order valence-electron chi connectivity index (χ1n) is 12.2. The number of rotatable bonds is 2. The number of ether oxygens (including phenoxy) is 2. The minimum absolute atomic E-state index is 0.0326. The number of nitrogens with zero attached hydrogens (tertiary/aromatic N) is 1. The fourth-order valence-corrected chi connectivity index (χ4v) is 6.07. The Balaban J connectivity index is 1.77. The van der Waals surface area contributed by atoms with Gasteiger partial charge in [0.15, 0.2) is 0 Å². The fourth-order valence-electron chi connectivity index (χ4n) is 6.07. The molecule has 1 aliphatic carbocycles. The van der Waals surface area contributed by atoms with Gasteiger partial charge in [-0.3, -0.25) is 4.98 Å². The molecule has 1 spiro atoms. The van der Waals surface area contributed by atoms with Crippen LogP contribution in [-0.2, 0) is 27.7 Å². The van der Waals surface area contributed by atoms with Crippen molar-refractivity contribution < 1.29 is 32.1 Å². The second kappa shape index (κ2) is 8.25. The third-order valence-electron chi connectivity index (χ3n) is 7.62. The van der Waals surface area contributed by atoms with Crippen LogP contribution in [0.3, 0.4) is 0 Å². The van der Waals surface area contributed by atoms with Crippen LogP contribution in [0, 0.1) is 11.2 Å². The van der Waals surface area contributed by atoms with Crippen LogP contribution in [-0.4, -0.2) is 23.3 Å². The SMILES string of the molecule is CC(C)c1nc2c(c3c1[C@@H](c1ccc(C(F)(F)F)cc1F)OC31CCOCC1)[C@@H](O)CC(C)(C)C2. The van der Waals surface area contributed by atoms with E-state index < -0.39 is 35.4 Å². The molecular formula is C27H31F4NO3. The highest BCUT2D eigenvalue weighted by molar-refractivity contribution is 5.54. The summed E-state index contributed by atoms with van der Waals surface area (Å²) in [4.78, 5) is 5.00. The molecule has 2 atom stereocenters. The number of benzene rings is 1. The number of halogens is 4. The quantitative estimate of drug-likeness (QED) is 0.486. The highest BCUT2D eigenvalue weighted by atomic mass is 19.4. The Bertz CT molecular complexity index is 1150. The number of alkyl halides is 3. The Hall–Kier alpha value is -2.03. The molecule has 0 saturated carbocycles. The van der Waals surface area contributed by atoms with Gasteiger partial charge in [-0.25, -0.2) is 4.39 Å². The molecule has 0 bridgehead atoms. The van der Waals surface area contributed by atoms with Crippen molar-refractivity contribution >= 4 is 0 Å². The molecule has 1 N–H and O–H groups in total. The summed E-state index contributed by atoms with van der Waals surface area (Å²) in [5, 5.41) is 11.3. The van der Waals surface area contributed by atoms with Gasteiger partial charge in [-0.15, -0.1) is 0 Å². The lowest BCUT2D eigenvalue weighted by Gasteiger charge is -2.40. The monoisotopic (exact) mass is 493 g/mol. The maximum Gasteiger partial charge on any atom is 0.416 e. The zero-order valence-electron chi connectivity index (χ0n) is 20.4. The molecule has 190 valence electrons. The number of hydrogen-bond acceptors (Lipinski definition) is 4. The smallest absolute Gasteiger partial charge is 0.388 e. The maximum atomic E-state index is 15.3. The number of aliphatic hydroxyl groups excluding tert-OH is 1. The van der Waals surface area contributed by atoms with Gasteiger partial charge in [0.05, 0.1) is 17.3 Å². The van der Waals surface area contributed by atoms with E-state index in [9.17, 15) is 18.3 Å². The third kappa shape index (κ3) is 4.07. The summed E-state index contributed by atoms with van der Waals surface area (Å²) >= 11 is 0. The minimum atomic E-state index is -4.64. The van der Waals surface area contributed by atoms with Gasteiger partial charge in [-0.2, -0.15) is 13.2 Å². The van der Waals surface area contributed by atoms with Gasteiger partial charge < -0.3 is 14.6 Å². The lowest BCUT2D eigenvalue weighted by Crippen LogP contribution is -2.37. The standard InChI is InChI=1S/C27H31F4NO3/c1-14(2)23-21-22(20-18(32-23)12-25(3,4)13-19(20)33)26(7-9-34-10-8-26)35-24(21)16-6-5-15(11-17(16)28)27(29,30)31/h5-6,11,14,19,24,33H,7-10,12-13H2,1-4H3/t19-,24+/m0/s1. The molecule has 3 heterocycles. The first-order valence-corrected chi connectivity index (χ1v) is 12.2. The van der Waals surface area contributed by atoms with Crippen molar-refractivity contribution in [2.24, 2.45) is 5.41 Å². The van der Waals surface area contributed by atoms with Gasteiger partial charge in [0.25, 0.3) is 0 Å². The summed E-state index contributed by atoms with van der Waals surface area (Å²) in [6.45, 7) is 9.08. The molecule has 35 heavy (non-hydrogen) atoms. The van der Waals surface area contributed by atoms with Gasteiger partial charge in [0, 0.05) is 54.1 Å². The average molecular weight is 494 g/mol. The number of hydrogen-bond donors (Lipinski definition) is 1. The molecule has 2 aliphatic heterocycles. The van der Waals surface area contributed by atoms with E-state index in [1.807, 2.05) is 13.8 Å². The van der Waals surface area contributed by atoms with Crippen LogP contribution in [0.5, 0.6) is 0 Å². The Morgan fingerprint density at radius 3 is 2.40 bits per heavy atom. The largest absolute Gasteiger partial charge is 0.416 e. The van der Waals surface area contributed by atoms with E-state index in [0.717, 1.165) is 28.6 Å². The zero-order chi connectivity index (χ0) is 25.3. The summed E-state index contributed by atoms with van der Waals surface area (Å²) in [5.41, 5.74) is 1.94. The minimum Gasteiger partial charge on any atom is -0.388 e. The lowest BCUT2D eigenvalue weighted by molar-refractivity contribution is -0.138. The van der Waals surface area contributed by atoms with Crippen molar-refractivity contribution in [2.45, 2.75) is 83.3 Å². The third-order valence-corrected chi connectivity index (χ3v) is 7.62. The van der Waals surface area contributed by atoms with Gasteiger partial charge >= 0.3 is 6.18 Å². The van der Waals surface area contributed by atoms with Crippen LogP contribution in [0.2, 0.25) is 0 Å². The van der Waals surface area contributed by atoms with Crippen molar-refractivity contribution in [1.29, 1.82) is 0 Å². The van der Waals surface area contributed by atoms with E-state index in [1.165, 1.54) is 6.07 Å². The second-order valence-electron chi connectivity index (χ2n) is 11.2. The first kappa shape index (κ1) is 24.7. The molecule has 2 aromatic rings. The van der Waals surface area contributed by atoms with Gasteiger partial charge in [-0.05, 0) is 41.9 Å². The summed E-state index contributed by atoms with van der Waals surface area (Å²) in [6.07, 6.45) is -4.03. The zero-order valence-corrected chi connectivity index (χ0v) is 20.4. The van der Waals surface area contributed by atoms with Crippen LogP contribution in [0.15, 0.2) is 18.2 Å². The van der Waals surface area contributed by atoms with Gasteiger partial charge in [0.2, 0.25) is 0 Å². The van der Waals surface area contributed by atoms with Crippen LogP contribution < -0.4 is 0 Å². The van der Waals surface area contributed by atoms with Gasteiger partial charge in [0.1, 0.15) is 11.9 Å². The maximum absolute atomic E-state index is 15.3. The van der Waals surface area contributed by atoms with Crippen LogP contribution in [0.4, 0.5) is 17.6 Å². The molecule has 1 aromatic carbocycles. The summed E-state index contributed by atoms with van der Waals surface area (Å²) in [6, 6.07) is 2.61. The number of aromatic nitrogens is 1. The second-order valence-corrected chi connectivity index (χ2v) is 11.2. The molecule has 0 amide bonds. The van der Waals surface area contributed by atoms with Crippen LogP contribution >= 0.6 is 0 Å². The topological polar surface area (TPSA) is 51.6 Å². The number of pyridine rings is 1. The molecule has 3 aliphatic rings. The van der Waals surface area contributed by atoms with Crippen molar-refractivity contribution in [3.8, 4) is 0 Å². The Morgan fingerprint density at radius 1 is 1.11 bits per heavy atom. The number of fused-ring (bicyclic) bond motifs is 4. The highest BCUT2D eigenvalue weighted by Gasteiger charge is 2.52. The van der Waals surface area contributed by atoms with Crippen molar-refractivity contribution in [2.75, 3.05) is 13.2 Å². The molecule has 8 heteroatoms. The van der Waals surface area contributed by atoms with E-state index in [0.29, 0.717) is 50.5 Å². The fraction of sp³-hybridized carbons (Fsp3) is 0.593. The predicted octanol–water partition coefficient (Wildman–Crippen LogP) is 6.49. The first-order chi connectivity index (χ1) is 16.3. The predicted molar refractivity (Wildman–Crippen MR) is 121 cm³/mol. The van der Waals surface area contributed by atoms with Crippen LogP contribution in [0.1, 0.15) is 104 Å². The van der Waals surface area contributed by atoms with Crippen molar-refractivity contribution in [3.05, 3.63) is 63.2 Å². The van der Waals surface area contributed by atoms with E-state index >= 15 is 4.39 Å². The van der Waals surface area contributed by atoms with E-state index in [2.05, 4.69) is 13.8 Å². The summed E-state index contributed by atoms with van der Waals surface area (Å²) < 4.78 is 67.2. The van der Waals surface area contributed by atoms with E-state index in [4.69, 9.17) is 14.5 Å². The average Bonchev–Trinajstić information content (AvgIpc) is 3.05. The molecule has 4 nitrogen and oxygen atoms in total. The lowest BCUT2D eigenvalue weighted by atomic mass is 9.70. The molecule has 5 rings (SSSR count). The van der Waals surface area contributed by atoms with Crippen LogP contribution in [0.25, 0.3) is 0 Å². The number of aliphatic hydroxyl groups is 1. The van der Waals surface area contributed by atoms with Gasteiger partial charge in [-0.1, -0.05) is 33.8 Å². The molecule has 1 saturated heterocycles. The Morgan fingerprint density at radius 2 is 1.80 bits per heavy atom. The summed E-state index contributed by atoms with van der Waals surface area (Å²) in [7, 11) is 0. The highest BCUT2D eigenvalue weighted by Crippen LogP contribution is 2.57. The molecule has 0 radical (unpaired) electrons. The van der Waals surface area contributed by atoms with E-state index in [1.54, 1.807) is 0 Å².